The highest BCUT2D eigenvalue weighted by Crippen LogP contribution is 2.32. The zero-order valence-corrected chi connectivity index (χ0v) is 9.92. The quantitative estimate of drug-likeness (QED) is 0.721. The van der Waals surface area contributed by atoms with Crippen LogP contribution in [0.1, 0.15) is 5.89 Å². The first-order valence-electron chi connectivity index (χ1n) is 5.63. The van der Waals surface area contributed by atoms with Crippen LogP contribution in [0, 0.1) is 0 Å². The van der Waals surface area contributed by atoms with Crippen molar-refractivity contribution in [3.8, 4) is 17.2 Å². The number of phenolic OH excluding ortho intramolecular Hbond substituents is 1. The Labute approximate surface area is 103 Å². The van der Waals surface area contributed by atoms with E-state index in [0.717, 1.165) is 16.6 Å². The summed E-state index contributed by atoms with van der Waals surface area (Å²) in [4.78, 5) is 4.08. The second kappa shape index (κ2) is 3.89. The molecule has 0 aliphatic rings. The number of aryl methyl sites for hydroxylation is 1. The lowest BCUT2D eigenvalue weighted by atomic mass is 10.2. The van der Waals surface area contributed by atoms with Crippen LogP contribution in [-0.4, -0.2) is 14.7 Å². The Morgan fingerprint density at radius 1 is 1.44 bits per heavy atom. The summed E-state index contributed by atoms with van der Waals surface area (Å²) >= 11 is 0. The average molecular weight is 243 g/mol. The molecule has 2 heterocycles. The number of aromatic nitrogens is 2. The third-order valence-electron chi connectivity index (χ3n) is 3.02. The monoisotopic (exact) mass is 243 g/mol. The molecule has 2 aromatic heterocycles. The Morgan fingerprint density at radius 3 is 2.94 bits per heavy atom. The van der Waals surface area contributed by atoms with Gasteiger partial charge in [-0.05, 0) is 12.1 Å². The number of hydrogen-bond donors (Lipinski definition) is 2. The van der Waals surface area contributed by atoms with Crippen molar-refractivity contribution in [2.24, 2.45) is 12.8 Å². The number of rotatable bonds is 2. The van der Waals surface area contributed by atoms with Gasteiger partial charge in [-0.2, -0.15) is 0 Å². The highest BCUT2D eigenvalue weighted by atomic mass is 16.4. The predicted octanol–water partition coefficient (Wildman–Crippen LogP) is 2.00. The predicted molar refractivity (Wildman–Crippen MR) is 68.0 cm³/mol. The molecule has 0 bridgehead atoms. The largest absolute Gasteiger partial charge is 0.506 e. The van der Waals surface area contributed by atoms with Gasteiger partial charge in [0.25, 0.3) is 0 Å². The van der Waals surface area contributed by atoms with E-state index in [1.54, 1.807) is 12.3 Å². The zero-order chi connectivity index (χ0) is 12.7. The van der Waals surface area contributed by atoms with Crippen LogP contribution < -0.4 is 5.73 Å². The molecule has 0 atom stereocenters. The lowest BCUT2D eigenvalue weighted by molar-refractivity contribution is 0.478. The summed E-state index contributed by atoms with van der Waals surface area (Å²) in [5, 5.41) is 10.8. The minimum absolute atomic E-state index is 0.250. The molecule has 0 amide bonds. The van der Waals surface area contributed by atoms with Crippen molar-refractivity contribution < 1.29 is 9.52 Å². The third-order valence-corrected chi connectivity index (χ3v) is 3.02. The number of aromatic hydroxyl groups is 1. The Morgan fingerprint density at radius 2 is 2.28 bits per heavy atom. The maximum atomic E-state index is 9.88. The molecular formula is C13H13N3O2. The second-order valence-electron chi connectivity index (χ2n) is 4.13. The molecule has 1 aromatic carbocycles. The molecule has 0 aliphatic heterocycles. The smallest absolute Gasteiger partial charge is 0.208 e. The SMILES string of the molecule is Cn1c(-c2cnc(CN)o2)cc2cccc(O)c21. The van der Waals surface area contributed by atoms with Gasteiger partial charge in [-0.3, -0.25) is 0 Å². The summed E-state index contributed by atoms with van der Waals surface area (Å²) in [7, 11) is 1.88. The van der Waals surface area contributed by atoms with Gasteiger partial charge in [0, 0.05) is 12.4 Å². The van der Waals surface area contributed by atoms with Crippen LogP contribution in [0.4, 0.5) is 0 Å². The normalized spacial score (nSPS) is 11.2. The van der Waals surface area contributed by atoms with E-state index >= 15 is 0 Å². The van der Waals surface area contributed by atoms with Crippen LogP contribution in [0.25, 0.3) is 22.4 Å². The lowest BCUT2D eigenvalue weighted by Crippen LogP contribution is -1.95. The number of para-hydroxylation sites is 1. The molecule has 3 N–H and O–H groups in total. The molecular weight excluding hydrogens is 230 g/mol. The van der Waals surface area contributed by atoms with Crippen LogP contribution in [0.5, 0.6) is 5.75 Å². The van der Waals surface area contributed by atoms with E-state index < -0.39 is 0 Å². The van der Waals surface area contributed by atoms with E-state index in [1.807, 2.05) is 29.8 Å². The van der Waals surface area contributed by atoms with Crippen LogP contribution in [0.3, 0.4) is 0 Å². The average Bonchev–Trinajstić information content (AvgIpc) is 2.94. The van der Waals surface area contributed by atoms with Gasteiger partial charge in [-0.15, -0.1) is 0 Å². The van der Waals surface area contributed by atoms with Crippen molar-refractivity contribution >= 4 is 10.9 Å². The minimum atomic E-state index is 0.250. The first-order valence-corrected chi connectivity index (χ1v) is 5.63. The van der Waals surface area contributed by atoms with E-state index in [4.69, 9.17) is 10.2 Å². The molecule has 3 aromatic rings. The molecule has 92 valence electrons. The minimum Gasteiger partial charge on any atom is -0.506 e. The number of hydrogen-bond acceptors (Lipinski definition) is 4. The summed E-state index contributed by atoms with van der Waals surface area (Å²) in [6.45, 7) is 0.273. The van der Waals surface area contributed by atoms with Crippen molar-refractivity contribution in [1.82, 2.24) is 9.55 Å². The topological polar surface area (TPSA) is 77.2 Å². The summed E-state index contributed by atoms with van der Waals surface area (Å²) < 4.78 is 7.41. The highest BCUT2D eigenvalue weighted by Gasteiger charge is 2.14. The molecule has 5 nitrogen and oxygen atoms in total. The molecule has 0 fully saturated rings. The Balaban J connectivity index is 2.23. The first kappa shape index (κ1) is 10.9. The maximum absolute atomic E-state index is 9.88. The van der Waals surface area contributed by atoms with Crippen LogP contribution in [0.15, 0.2) is 34.9 Å². The van der Waals surface area contributed by atoms with Gasteiger partial charge >= 0.3 is 0 Å². The van der Waals surface area contributed by atoms with E-state index in [-0.39, 0.29) is 12.3 Å². The van der Waals surface area contributed by atoms with Crippen molar-refractivity contribution in [2.75, 3.05) is 0 Å². The van der Waals surface area contributed by atoms with Gasteiger partial charge in [0.05, 0.1) is 24.0 Å². The first-order chi connectivity index (χ1) is 8.70. The van der Waals surface area contributed by atoms with Gasteiger partial charge < -0.3 is 19.8 Å². The molecule has 0 unspecified atom stereocenters. The highest BCUT2D eigenvalue weighted by molar-refractivity contribution is 5.90. The third kappa shape index (κ3) is 1.48. The van der Waals surface area contributed by atoms with Crippen molar-refractivity contribution in [2.45, 2.75) is 6.54 Å². The van der Waals surface area contributed by atoms with Gasteiger partial charge in [0.2, 0.25) is 5.89 Å². The fraction of sp³-hybridized carbons (Fsp3) is 0.154. The van der Waals surface area contributed by atoms with Gasteiger partial charge in [-0.1, -0.05) is 12.1 Å². The number of benzene rings is 1. The molecule has 5 heteroatoms. The molecule has 3 rings (SSSR count). The number of phenols is 1. The Hall–Kier alpha value is -2.27. The number of fused-ring (bicyclic) bond motifs is 1. The summed E-state index contributed by atoms with van der Waals surface area (Å²) in [5.74, 6) is 1.40. The molecule has 0 saturated carbocycles. The van der Waals surface area contributed by atoms with Gasteiger partial charge in [0.1, 0.15) is 5.75 Å². The fourth-order valence-electron chi connectivity index (χ4n) is 2.15. The van der Waals surface area contributed by atoms with Crippen molar-refractivity contribution in [1.29, 1.82) is 0 Å². The van der Waals surface area contributed by atoms with Crippen molar-refractivity contribution in [3.63, 3.8) is 0 Å². The molecule has 0 radical (unpaired) electrons. The molecule has 0 spiro atoms. The van der Waals surface area contributed by atoms with E-state index in [0.29, 0.717) is 11.7 Å². The van der Waals surface area contributed by atoms with Crippen LogP contribution in [-0.2, 0) is 13.6 Å². The lowest BCUT2D eigenvalue weighted by Gasteiger charge is -2.02. The fourth-order valence-corrected chi connectivity index (χ4v) is 2.15. The molecule has 0 saturated heterocycles. The van der Waals surface area contributed by atoms with Gasteiger partial charge in [0.15, 0.2) is 5.76 Å². The summed E-state index contributed by atoms with van der Waals surface area (Å²) in [6, 6.07) is 7.37. The van der Waals surface area contributed by atoms with Gasteiger partial charge in [-0.25, -0.2) is 4.98 Å². The molecule has 0 aliphatic carbocycles. The Bertz CT molecular complexity index is 712. The second-order valence-corrected chi connectivity index (χ2v) is 4.13. The standard InChI is InChI=1S/C13H13N3O2/c1-16-9(11-7-15-12(6-14)18-11)5-8-3-2-4-10(17)13(8)16/h2-5,7,17H,6,14H2,1H3. The van der Waals surface area contributed by atoms with E-state index in [2.05, 4.69) is 4.98 Å². The summed E-state index contributed by atoms with van der Waals surface area (Å²) in [5.41, 5.74) is 7.11. The van der Waals surface area contributed by atoms with Crippen molar-refractivity contribution in [3.05, 3.63) is 36.4 Å². The number of oxazole rings is 1. The van der Waals surface area contributed by atoms with E-state index in [9.17, 15) is 5.11 Å². The van der Waals surface area contributed by atoms with Crippen LogP contribution in [0.2, 0.25) is 0 Å². The summed E-state index contributed by atoms with van der Waals surface area (Å²) in [6.07, 6.45) is 1.65. The van der Waals surface area contributed by atoms with E-state index in [1.165, 1.54) is 0 Å². The number of nitrogens with two attached hydrogens (primary N) is 1. The van der Waals surface area contributed by atoms with Crippen LogP contribution >= 0.6 is 0 Å². The Kier molecular flexibility index (Phi) is 2.34. The molecule has 18 heavy (non-hydrogen) atoms. The zero-order valence-electron chi connectivity index (χ0n) is 9.92. The number of nitrogens with zero attached hydrogens (tertiary/aromatic N) is 2. The maximum Gasteiger partial charge on any atom is 0.208 e.